The Bertz CT molecular complexity index is 1630. The summed E-state index contributed by atoms with van der Waals surface area (Å²) in [5, 5.41) is 4.33. The van der Waals surface area contributed by atoms with E-state index in [0.717, 1.165) is 38.2 Å². The summed E-state index contributed by atoms with van der Waals surface area (Å²) in [7, 11) is 0. The van der Waals surface area contributed by atoms with E-state index in [1.807, 2.05) is 73.7 Å². The van der Waals surface area contributed by atoms with E-state index in [0.29, 0.717) is 6.42 Å². The molecule has 5 aromatic carbocycles. The minimum Gasteiger partial charge on any atom is -0.430 e. The number of carbonyl (C=O) groups is 2. The Hall–Kier alpha value is -4.44. The molecular formula is C36H33NO3. The third-order valence-electron chi connectivity index (χ3n) is 8.17. The summed E-state index contributed by atoms with van der Waals surface area (Å²) in [6.07, 6.45) is -0.0438. The summed E-state index contributed by atoms with van der Waals surface area (Å²) in [6.45, 7) is 6.02. The van der Waals surface area contributed by atoms with Crippen LogP contribution in [0.25, 0.3) is 21.5 Å². The van der Waals surface area contributed by atoms with Gasteiger partial charge in [-0.15, -0.1) is 0 Å². The maximum absolute atomic E-state index is 14.1. The molecule has 6 rings (SSSR count). The summed E-state index contributed by atoms with van der Waals surface area (Å²) < 4.78 is 6.49. The zero-order valence-corrected chi connectivity index (χ0v) is 23.1. The molecule has 2 amide bonds. The summed E-state index contributed by atoms with van der Waals surface area (Å²) in [5.74, 6) is -0.673. The second-order valence-corrected chi connectivity index (χ2v) is 11.2. The van der Waals surface area contributed by atoms with Crippen LogP contribution in [0, 0.1) is 11.8 Å². The number of fused-ring (bicyclic) bond motifs is 2. The first-order valence-electron chi connectivity index (χ1n) is 14.0. The van der Waals surface area contributed by atoms with Crippen molar-refractivity contribution in [1.82, 2.24) is 4.90 Å². The number of benzene rings is 5. The van der Waals surface area contributed by atoms with Crippen molar-refractivity contribution in [1.29, 1.82) is 0 Å². The van der Waals surface area contributed by atoms with E-state index in [-0.39, 0.29) is 17.7 Å². The molecule has 0 radical (unpaired) electrons. The van der Waals surface area contributed by atoms with Crippen molar-refractivity contribution in [2.24, 2.45) is 11.8 Å². The van der Waals surface area contributed by atoms with E-state index >= 15 is 0 Å². The van der Waals surface area contributed by atoms with Crippen molar-refractivity contribution in [3.8, 4) is 0 Å². The fraction of sp³-hybridized carbons (Fsp3) is 0.222. The van der Waals surface area contributed by atoms with Crippen molar-refractivity contribution in [3.63, 3.8) is 0 Å². The van der Waals surface area contributed by atoms with Crippen LogP contribution in [0.4, 0.5) is 4.79 Å². The number of imide groups is 1. The minimum atomic E-state index is -1.17. The van der Waals surface area contributed by atoms with E-state index in [4.69, 9.17) is 4.74 Å². The quantitative estimate of drug-likeness (QED) is 0.224. The van der Waals surface area contributed by atoms with Gasteiger partial charge < -0.3 is 4.74 Å². The van der Waals surface area contributed by atoms with Gasteiger partial charge in [-0.2, -0.15) is 0 Å². The smallest absolute Gasteiger partial charge is 0.418 e. The van der Waals surface area contributed by atoms with Gasteiger partial charge in [0.05, 0.1) is 6.04 Å². The topological polar surface area (TPSA) is 46.6 Å². The molecule has 0 bridgehead atoms. The molecule has 0 N–H and O–H groups in total. The molecule has 1 fully saturated rings. The molecule has 40 heavy (non-hydrogen) atoms. The standard InChI is InChI=1S/C36H33NO3/c1-24(2)33-36(31-19-17-27-13-7-9-15-29(27)22-31,32-20-18-28-14-8-10-16-30(28)23-32)40-35(39)37(33)34(38)25(3)21-26-11-5-4-6-12-26/h4-20,22-25,33H,21H2,1-3H3/t25-,33+/m1/s1. The lowest BCUT2D eigenvalue weighted by Gasteiger charge is -2.38. The number of ether oxygens (including phenoxy) is 1. The Morgan fingerprint density at radius 2 is 1.23 bits per heavy atom. The number of cyclic esters (lactones) is 1. The van der Waals surface area contributed by atoms with Gasteiger partial charge in [-0.3, -0.25) is 4.79 Å². The summed E-state index contributed by atoms with van der Waals surface area (Å²) >= 11 is 0. The van der Waals surface area contributed by atoms with Gasteiger partial charge in [0.1, 0.15) is 0 Å². The molecule has 1 saturated heterocycles. The molecular weight excluding hydrogens is 494 g/mol. The molecule has 0 spiro atoms. The number of rotatable bonds is 6. The largest absolute Gasteiger partial charge is 0.430 e. The molecule has 4 heteroatoms. The van der Waals surface area contributed by atoms with Crippen molar-refractivity contribution < 1.29 is 14.3 Å². The predicted molar refractivity (Wildman–Crippen MR) is 160 cm³/mol. The highest BCUT2D eigenvalue weighted by Crippen LogP contribution is 2.49. The lowest BCUT2D eigenvalue weighted by Crippen LogP contribution is -2.51. The molecule has 0 aromatic heterocycles. The molecule has 1 aliphatic rings. The number of carbonyl (C=O) groups excluding carboxylic acids is 2. The highest BCUT2D eigenvalue weighted by Gasteiger charge is 2.59. The maximum Gasteiger partial charge on any atom is 0.418 e. The number of amides is 2. The first kappa shape index (κ1) is 25.8. The Kier molecular flexibility index (Phi) is 6.63. The van der Waals surface area contributed by atoms with Gasteiger partial charge in [0.2, 0.25) is 5.91 Å². The van der Waals surface area contributed by atoms with Crippen LogP contribution in [0.1, 0.15) is 37.5 Å². The van der Waals surface area contributed by atoms with Gasteiger partial charge in [0.25, 0.3) is 0 Å². The third-order valence-corrected chi connectivity index (χ3v) is 8.17. The fourth-order valence-corrected chi connectivity index (χ4v) is 6.30. The van der Waals surface area contributed by atoms with Gasteiger partial charge in [0.15, 0.2) is 5.60 Å². The van der Waals surface area contributed by atoms with E-state index in [2.05, 4.69) is 62.4 Å². The molecule has 0 aliphatic carbocycles. The first-order chi connectivity index (χ1) is 19.4. The van der Waals surface area contributed by atoms with E-state index in [1.165, 1.54) is 4.90 Å². The lowest BCUT2D eigenvalue weighted by atomic mass is 9.74. The van der Waals surface area contributed by atoms with Crippen LogP contribution in [0.3, 0.4) is 0 Å². The van der Waals surface area contributed by atoms with E-state index in [1.54, 1.807) is 0 Å². The average molecular weight is 528 g/mol. The average Bonchev–Trinajstić information content (AvgIpc) is 3.30. The van der Waals surface area contributed by atoms with Gasteiger partial charge in [0, 0.05) is 17.0 Å². The normalized spacial score (nSPS) is 17.4. The van der Waals surface area contributed by atoms with Gasteiger partial charge in [-0.1, -0.05) is 124 Å². The first-order valence-corrected chi connectivity index (χ1v) is 14.0. The SMILES string of the molecule is CC(C)[C@@H]1N(C(=O)[C@H](C)Cc2ccccc2)C(=O)OC1(c1ccc2ccccc2c1)c1ccc2ccccc2c1. The van der Waals surface area contributed by atoms with Crippen molar-refractivity contribution in [3.05, 3.63) is 132 Å². The summed E-state index contributed by atoms with van der Waals surface area (Å²) in [5.41, 5.74) is 1.62. The number of hydrogen-bond acceptors (Lipinski definition) is 3. The Labute approximate surface area is 235 Å². The Morgan fingerprint density at radius 3 is 1.75 bits per heavy atom. The molecule has 1 heterocycles. The van der Waals surface area contributed by atoms with Gasteiger partial charge in [-0.05, 0) is 51.6 Å². The van der Waals surface area contributed by atoms with Crippen LogP contribution in [0.15, 0.2) is 115 Å². The molecule has 5 aromatic rings. The van der Waals surface area contributed by atoms with Crippen LogP contribution >= 0.6 is 0 Å². The minimum absolute atomic E-state index is 0.0720. The van der Waals surface area contributed by atoms with Crippen LogP contribution < -0.4 is 0 Å². The predicted octanol–water partition coefficient (Wildman–Crippen LogP) is 8.12. The van der Waals surface area contributed by atoms with Crippen molar-refractivity contribution >= 4 is 33.5 Å². The van der Waals surface area contributed by atoms with Gasteiger partial charge in [-0.25, -0.2) is 9.69 Å². The van der Waals surface area contributed by atoms with E-state index < -0.39 is 17.7 Å². The number of hydrogen-bond donors (Lipinski definition) is 0. The highest BCUT2D eigenvalue weighted by atomic mass is 16.6. The monoisotopic (exact) mass is 527 g/mol. The molecule has 4 nitrogen and oxygen atoms in total. The zero-order valence-electron chi connectivity index (χ0n) is 23.1. The zero-order chi connectivity index (χ0) is 27.9. The second-order valence-electron chi connectivity index (χ2n) is 11.2. The number of nitrogens with zero attached hydrogens (tertiary/aromatic N) is 1. The molecule has 200 valence electrons. The van der Waals surface area contributed by atoms with Gasteiger partial charge >= 0.3 is 6.09 Å². The molecule has 0 saturated carbocycles. The highest BCUT2D eigenvalue weighted by molar-refractivity contribution is 5.96. The lowest BCUT2D eigenvalue weighted by molar-refractivity contribution is -0.134. The second kappa shape index (κ2) is 10.3. The fourth-order valence-electron chi connectivity index (χ4n) is 6.30. The van der Waals surface area contributed by atoms with Crippen LogP contribution in [-0.2, 0) is 21.6 Å². The molecule has 1 aliphatic heterocycles. The third kappa shape index (κ3) is 4.34. The van der Waals surface area contributed by atoms with Crippen molar-refractivity contribution in [2.75, 3.05) is 0 Å². The maximum atomic E-state index is 14.1. The van der Waals surface area contributed by atoms with Crippen LogP contribution in [0.5, 0.6) is 0 Å². The molecule has 2 atom stereocenters. The van der Waals surface area contributed by atoms with Crippen molar-refractivity contribution in [2.45, 2.75) is 38.8 Å². The van der Waals surface area contributed by atoms with Crippen LogP contribution in [0.2, 0.25) is 0 Å². The summed E-state index contributed by atoms with van der Waals surface area (Å²) in [6, 6.07) is 38.2. The Balaban J connectivity index is 1.52. The summed E-state index contributed by atoms with van der Waals surface area (Å²) in [4.78, 5) is 29.3. The molecule has 0 unspecified atom stereocenters. The Morgan fingerprint density at radius 1 is 0.725 bits per heavy atom. The van der Waals surface area contributed by atoms with E-state index in [9.17, 15) is 9.59 Å². The van der Waals surface area contributed by atoms with Crippen LogP contribution in [-0.4, -0.2) is 22.9 Å².